The van der Waals surface area contributed by atoms with Gasteiger partial charge in [0.15, 0.2) is 0 Å². The summed E-state index contributed by atoms with van der Waals surface area (Å²) < 4.78 is 33.5. The van der Waals surface area contributed by atoms with E-state index in [-0.39, 0.29) is 4.90 Å². The van der Waals surface area contributed by atoms with Crippen molar-refractivity contribution in [3.63, 3.8) is 0 Å². The second-order valence-corrected chi connectivity index (χ2v) is 9.91. The predicted octanol–water partition coefficient (Wildman–Crippen LogP) is 5.81. The average molecular weight is 489 g/mol. The fourth-order valence-corrected chi connectivity index (χ4v) is 5.27. The SMILES string of the molecule is CCCN(c1ccc(Nc2cc(-c3ccccc3OC)ncn2)cc1)S(=O)(=O)c1ccc(C)cc1. The van der Waals surface area contributed by atoms with Crippen LogP contribution >= 0.6 is 0 Å². The van der Waals surface area contributed by atoms with E-state index in [0.717, 1.165) is 28.3 Å². The number of nitrogens with one attached hydrogen (secondary N) is 1. The van der Waals surface area contributed by atoms with E-state index in [9.17, 15) is 8.42 Å². The third-order valence-corrected chi connectivity index (χ3v) is 7.35. The summed E-state index contributed by atoms with van der Waals surface area (Å²) in [6, 6.07) is 23.7. The summed E-state index contributed by atoms with van der Waals surface area (Å²) in [5, 5.41) is 3.27. The van der Waals surface area contributed by atoms with E-state index in [0.29, 0.717) is 24.5 Å². The van der Waals surface area contributed by atoms with E-state index in [4.69, 9.17) is 4.74 Å². The van der Waals surface area contributed by atoms with E-state index in [2.05, 4.69) is 15.3 Å². The number of methoxy groups -OCH3 is 1. The lowest BCUT2D eigenvalue weighted by molar-refractivity contribution is 0.416. The summed E-state index contributed by atoms with van der Waals surface area (Å²) in [6.07, 6.45) is 2.19. The second kappa shape index (κ2) is 10.6. The second-order valence-electron chi connectivity index (χ2n) is 8.05. The van der Waals surface area contributed by atoms with E-state index in [1.807, 2.05) is 68.4 Å². The lowest BCUT2D eigenvalue weighted by Crippen LogP contribution is -2.31. The lowest BCUT2D eigenvalue weighted by Gasteiger charge is -2.24. The van der Waals surface area contributed by atoms with E-state index < -0.39 is 10.0 Å². The largest absolute Gasteiger partial charge is 0.496 e. The number of aryl methyl sites for hydroxylation is 1. The van der Waals surface area contributed by atoms with Gasteiger partial charge in [-0.25, -0.2) is 18.4 Å². The lowest BCUT2D eigenvalue weighted by atomic mass is 10.1. The van der Waals surface area contributed by atoms with Crippen LogP contribution in [-0.2, 0) is 10.0 Å². The van der Waals surface area contributed by atoms with Crippen molar-refractivity contribution >= 4 is 27.2 Å². The zero-order valence-corrected chi connectivity index (χ0v) is 20.8. The van der Waals surface area contributed by atoms with Gasteiger partial charge in [-0.2, -0.15) is 0 Å². The molecule has 1 aromatic heterocycles. The first-order valence-electron chi connectivity index (χ1n) is 11.3. The Bertz CT molecular complexity index is 1390. The molecule has 0 spiro atoms. The highest BCUT2D eigenvalue weighted by Crippen LogP contribution is 2.30. The fraction of sp³-hybridized carbons (Fsp3) is 0.185. The topological polar surface area (TPSA) is 84.4 Å². The van der Waals surface area contributed by atoms with Crippen molar-refractivity contribution < 1.29 is 13.2 Å². The van der Waals surface area contributed by atoms with Gasteiger partial charge in [-0.05, 0) is 61.9 Å². The molecule has 35 heavy (non-hydrogen) atoms. The van der Waals surface area contributed by atoms with E-state index >= 15 is 0 Å². The number of nitrogens with zero attached hydrogens (tertiary/aromatic N) is 3. The first kappa shape index (κ1) is 24.2. The smallest absolute Gasteiger partial charge is 0.264 e. The van der Waals surface area contributed by atoms with Gasteiger partial charge >= 0.3 is 0 Å². The van der Waals surface area contributed by atoms with Gasteiger partial charge in [0.05, 0.1) is 23.4 Å². The highest BCUT2D eigenvalue weighted by Gasteiger charge is 2.24. The van der Waals surface area contributed by atoms with Crippen molar-refractivity contribution in [1.29, 1.82) is 0 Å². The molecule has 0 saturated heterocycles. The van der Waals surface area contributed by atoms with Gasteiger partial charge in [0.25, 0.3) is 10.0 Å². The normalized spacial score (nSPS) is 11.2. The van der Waals surface area contributed by atoms with Crippen molar-refractivity contribution in [3.8, 4) is 17.0 Å². The molecular weight excluding hydrogens is 460 g/mol. The molecule has 4 aromatic rings. The van der Waals surface area contributed by atoms with Crippen LogP contribution in [0, 0.1) is 6.92 Å². The van der Waals surface area contributed by atoms with Crippen LogP contribution in [0.5, 0.6) is 5.75 Å². The van der Waals surface area contributed by atoms with Crippen molar-refractivity contribution in [3.05, 3.63) is 90.8 Å². The third kappa shape index (κ3) is 5.44. The number of hydrogen-bond donors (Lipinski definition) is 1. The van der Waals surface area contributed by atoms with E-state index in [1.165, 1.54) is 10.6 Å². The molecule has 4 rings (SSSR count). The zero-order chi connectivity index (χ0) is 24.8. The van der Waals surface area contributed by atoms with E-state index in [1.54, 1.807) is 31.4 Å². The molecule has 0 atom stereocenters. The molecule has 1 heterocycles. The summed E-state index contributed by atoms with van der Waals surface area (Å²) in [4.78, 5) is 8.97. The van der Waals surface area contributed by atoms with Crippen LogP contribution in [0.25, 0.3) is 11.3 Å². The summed E-state index contributed by atoms with van der Waals surface area (Å²) in [5.41, 5.74) is 4.00. The summed E-state index contributed by atoms with van der Waals surface area (Å²) in [6.45, 7) is 4.28. The van der Waals surface area contributed by atoms with Gasteiger partial charge in [0.2, 0.25) is 0 Å². The molecule has 7 nitrogen and oxygen atoms in total. The molecule has 0 fully saturated rings. The molecule has 0 aliphatic heterocycles. The first-order valence-corrected chi connectivity index (χ1v) is 12.8. The summed E-state index contributed by atoms with van der Waals surface area (Å²) in [5.74, 6) is 1.35. The number of para-hydroxylation sites is 1. The molecule has 0 aliphatic rings. The number of anilines is 3. The minimum atomic E-state index is -3.67. The molecule has 0 saturated carbocycles. The number of hydrogen-bond acceptors (Lipinski definition) is 6. The Kier molecular flexibility index (Phi) is 7.31. The molecule has 3 aromatic carbocycles. The minimum Gasteiger partial charge on any atom is -0.496 e. The van der Waals surface area contributed by atoms with Crippen LogP contribution in [0.3, 0.4) is 0 Å². The minimum absolute atomic E-state index is 0.281. The molecule has 0 unspecified atom stereocenters. The molecule has 180 valence electrons. The Hall–Kier alpha value is -3.91. The zero-order valence-electron chi connectivity index (χ0n) is 20.0. The molecular formula is C27H28N4O3S. The quantitative estimate of drug-likeness (QED) is 0.320. The van der Waals surface area contributed by atoms with Crippen LogP contribution in [0.4, 0.5) is 17.2 Å². The summed E-state index contributed by atoms with van der Waals surface area (Å²) >= 11 is 0. The monoisotopic (exact) mass is 488 g/mol. The predicted molar refractivity (Wildman–Crippen MR) is 140 cm³/mol. The molecule has 0 amide bonds. The summed E-state index contributed by atoms with van der Waals surface area (Å²) in [7, 11) is -2.04. The van der Waals surface area contributed by atoms with Crippen LogP contribution in [0.2, 0.25) is 0 Å². The van der Waals surface area contributed by atoms with Crippen LogP contribution in [0.15, 0.2) is 90.1 Å². The molecule has 1 N–H and O–H groups in total. The highest BCUT2D eigenvalue weighted by molar-refractivity contribution is 7.92. The Morgan fingerprint density at radius 3 is 2.34 bits per heavy atom. The Labute approximate surface area is 206 Å². The van der Waals surface area contributed by atoms with Gasteiger partial charge in [-0.15, -0.1) is 0 Å². The van der Waals surface area contributed by atoms with Crippen molar-refractivity contribution in [1.82, 2.24) is 9.97 Å². The van der Waals surface area contributed by atoms with Gasteiger partial charge in [-0.3, -0.25) is 4.31 Å². The Balaban J connectivity index is 1.57. The van der Waals surface area contributed by atoms with Crippen LogP contribution in [0.1, 0.15) is 18.9 Å². The number of ether oxygens (including phenoxy) is 1. The molecule has 8 heteroatoms. The maximum Gasteiger partial charge on any atom is 0.264 e. The molecule has 0 aliphatic carbocycles. The van der Waals surface area contributed by atoms with Crippen molar-refractivity contribution in [2.24, 2.45) is 0 Å². The number of aromatic nitrogens is 2. The van der Waals surface area contributed by atoms with Gasteiger partial charge in [0.1, 0.15) is 17.9 Å². The maximum atomic E-state index is 13.3. The van der Waals surface area contributed by atoms with Gasteiger partial charge in [-0.1, -0.05) is 36.8 Å². The first-order chi connectivity index (χ1) is 16.9. The Morgan fingerprint density at radius 2 is 1.66 bits per heavy atom. The van der Waals surface area contributed by atoms with Gasteiger partial charge < -0.3 is 10.1 Å². The number of rotatable bonds is 9. The third-order valence-electron chi connectivity index (χ3n) is 5.51. The number of sulfonamides is 1. The van der Waals surface area contributed by atoms with Gasteiger partial charge in [0, 0.05) is 23.9 Å². The highest BCUT2D eigenvalue weighted by atomic mass is 32.2. The average Bonchev–Trinajstić information content (AvgIpc) is 2.88. The molecule has 0 radical (unpaired) electrons. The van der Waals surface area contributed by atoms with Crippen molar-refractivity contribution in [2.75, 3.05) is 23.3 Å². The van der Waals surface area contributed by atoms with Crippen molar-refractivity contribution in [2.45, 2.75) is 25.2 Å². The van der Waals surface area contributed by atoms with Crippen LogP contribution < -0.4 is 14.4 Å². The Morgan fingerprint density at radius 1 is 0.943 bits per heavy atom. The maximum absolute atomic E-state index is 13.3. The number of benzene rings is 3. The molecule has 0 bridgehead atoms. The van der Waals surface area contributed by atoms with Crippen LogP contribution in [-0.4, -0.2) is 32.0 Å². The fourth-order valence-electron chi connectivity index (χ4n) is 3.72. The standard InChI is InChI=1S/C27H28N4O3S/c1-4-17-31(35(32,33)23-15-9-20(2)10-16-23)22-13-11-21(12-14-22)30-27-18-25(28-19-29-27)24-7-5-6-8-26(24)34-3/h5-16,18-19H,4,17H2,1-3H3,(H,28,29,30).